The third-order valence-electron chi connectivity index (χ3n) is 3.09. The fourth-order valence-electron chi connectivity index (χ4n) is 1.97. The smallest absolute Gasteiger partial charge is 0.272 e. The van der Waals surface area contributed by atoms with Crippen molar-refractivity contribution in [2.24, 2.45) is 0 Å². The molecule has 1 aromatic heterocycles. The van der Waals surface area contributed by atoms with Crippen molar-refractivity contribution in [3.05, 3.63) is 47.3 Å². The molecule has 4 heteroatoms. The molecule has 2 aromatic rings. The highest BCUT2D eigenvalue weighted by molar-refractivity contribution is 6.03. The molecule has 0 radical (unpaired) electrons. The fraction of sp³-hybridized carbons (Fsp3) is 0.267. The Kier molecular flexibility index (Phi) is 3.60. The highest BCUT2D eigenvalue weighted by atomic mass is 16.3. The van der Waals surface area contributed by atoms with E-state index in [-0.39, 0.29) is 17.6 Å². The number of benzene rings is 1. The molecule has 1 heterocycles. The number of aromatic nitrogens is 1. The van der Waals surface area contributed by atoms with E-state index in [1.54, 1.807) is 24.4 Å². The minimum absolute atomic E-state index is 0.187. The predicted molar refractivity (Wildman–Crippen MR) is 75.7 cm³/mol. The van der Waals surface area contributed by atoms with Crippen LogP contribution in [0.25, 0.3) is 0 Å². The second kappa shape index (κ2) is 5.18. The number of hydrogen-bond acceptors (Lipinski definition) is 2. The quantitative estimate of drug-likeness (QED) is 0.739. The number of rotatable bonds is 3. The molecule has 100 valence electrons. The highest BCUT2D eigenvalue weighted by Gasteiger charge is 2.13. The monoisotopic (exact) mass is 258 g/mol. The van der Waals surface area contributed by atoms with E-state index in [2.05, 4.69) is 10.3 Å². The van der Waals surface area contributed by atoms with Crippen LogP contribution in [-0.4, -0.2) is 16.0 Å². The summed E-state index contributed by atoms with van der Waals surface area (Å²) >= 11 is 0. The Balaban J connectivity index is 2.30. The maximum absolute atomic E-state index is 12.0. The standard InChI is InChI=1S/C15H18N2O2/c1-9(2)11-8-13(10(3)7-14(11)18)17-15(19)12-5-4-6-16-12/h4-9,16,18H,1-3H3,(H,17,19). The summed E-state index contributed by atoms with van der Waals surface area (Å²) in [6.45, 7) is 5.86. The largest absolute Gasteiger partial charge is 0.508 e. The molecule has 0 bridgehead atoms. The molecule has 1 amide bonds. The predicted octanol–water partition coefficient (Wildman–Crippen LogP) is 3.40. The van der Waals surface area contributed by atoms with Crippen molar-refractivity contribution in [2.75, 3.05) is 5.32 Å². The minimum Gasteiger partial charge on any atom is -0.508 e. The number of H-pyrrole nitrogens is 1. The zero-order valence-electron chi connectivity index (χ0n) is 11.3. The number of aromatic amines is 1. The molecular weight excluding hydrogens is 240 g/mol. The second-order valence-corrected chi connectivity index (χ2v) is 4.92. The van der Waals surface area contributed by atoms with Crippen LogP contribution < -0.4 is 5.32 Å². The van der Waals surface area contributed by atoms with Crippen molar-refractivity contribution in [1.82, 2.24) is 4.98 Å². The Bertz CT molecular complexity index is 586. The number of hydrogen-bond donors (Lipinski definition) is 3. The molecule has 1 aromatic carbocycles. The number of aryl methyl sites for hydroxylation is 1. The second-order valence-electron chi connectivity index (χ2n) is 4.92. The summed E-state index contributed by atoms with van der Waals surface area (Å²) in [6.07, 6.45) is 1.71. The number of carbonyl (C=O) groups excluding carboxylic acids is 1. The number of aromatic hydroxyl groups is 1. The first-order chi connectivity index (χ1) is 8.99. The van der Waals surface area contributed by atoms with Gasteiger partial charge in [0, 0.05) is 11.9 Å². The van der Waals surface area contributed by atoms with Crippen LogP contribution in [-0.2, 0) is 0 Å². The molecule has 0 saturated heterocycles. The summed E-state index contributed by atoms with van der Waals surface area (Å²) in [5.41, 5.74) is 2.90. The Morgan fingerprint density at radius 2 is 2.11 bits per heavy atom. The number of carbonyl (C=O) groups is 1. The first kappa shape index (κ1) is 13.2. The van der Waals surface area contributed by atoms with E-state index < -0.39 is 0 Å². The lowest BCUT2D eigenvalue weighted by atomic mass is 9.99. The van der Waals surface area contributed by atoms with Gasteiger partial charge in [0.2, 0.25) is 0 Å². The van der Waals surface area contributed by atoms with E-state index in [4.69, 9.17) is 0 Å². The number of phenols is 1. The molecule has 0 atom stereocenters. The Morgan fingerprint density at radius 3 is 2.68 bits per heavy atom. The van der Waals surface area contributed by atoms with E-state index >= 15 is 0 Å². The van der Waals surface area contributed by atoms with Gasteiger partial charge in [0.05, 0.1) is 0 Å². The Hall–Kier alpha value is -2.23. The lowest BCUT2D eigenvalue weighted by molar-refractivity contribution is 0.102. The van der Waals surface area contributed by atoms with Crippen LogP contribution >= 0.6 is 0 Å². The molecule has 2 rings (SSSR count). The summed E-state index contributed by atoms with van der Waals surface area (Å²) in [4.78, 5) is 14.9. The number of anilines is 1. The first-order valence-corrected chi connectivity index (χ1v) is 6.27. The topological polar surface area (TPSA) is 65.1 Å². The lowest BCUT2D eigenvalue weighted by Gasteiger charge is -2.14. The van der Waals surface area contributed by atoms with Gasteiger partial charge in [0.25, 0.3) is 5.91 Å². The van der Waals surface area contributed by atoms with E-state index in [0.29, 0.717) is 5.69 Å². The van der Waals surface area contributed by atoms with Gasteiger partial charge in [0.1, 0.15) is 11.4 Å². The number of nitrogens with one attached hydrogen (secondary N) is 2. The van der Waals surface area contributed by atoms with Crippen LogP contribution in [0, 0.1) is 6.92 Å². The summed E-state index contributed by atoms with van der Waals surface area (Å²) in [5, 5.41) is 12.7. The summed E-state index contributed by atoms with van der Waals surface area (Å²) in [5.74, 6) is 0.278. The van der Waals surface area contributed by atoms with Crippen LogP contribution in [0.3, 0.4) is 0 Å². The summed E-state index contributed by atoms with van der Waals surface area (Å²) < 4.78 is 0. The van der Waals surface area contributed by atoms with Crippen molar-refractivity contribution >= 4 is 11.6 Å². The Morgan fingerprint density at radius 1 is 1.37 bits per heavy atom. The van der Waals surface area contributed by atoms with E-state index in [1.165, 1.54) is 0 Å². The maximum atomic E-state index is 12.0. The lowest BCUT2D eigenvalue weighted by Crippen LogP contribution is -2.13. The van der Waals surface area contributed by atoms with Crippen LogP contribution in [0.5, 0.6) is 5.75 Å². The molecule has 3 N–H and O–H groups in total. The zero-order chi connectivity index (χ0) is 14.0. The third kappa shape index (κ3) is 2.78. The van der Waals surface area contributed by atoms with Crippen molar-refractivity contribution < 1.29 is 9.90 Å². The average molecular weight is 258 g/mol. The van der Waals surface area contributed by atoms with Gasteiger partial charge in [0.15, 0.2) is 0 Å². The van der Waals surface area contributed by atoms with Crippen LogP contribution in [0.15, 0.2) is 30.5 Å². The number of phenolic OH excluding ortho intramolecular Hbond substituents is 1. The molecule has 0 saturated carbocycles. The van der Waals surface area contributed by atoms with Gasteiger partial charge in [-0.25, -0.2) is 0 Å². The van der Waals surface area contributed by atoms with Crippen molar-refractivity contribution in [3.8, 4) is 5.75 Å². The van der Waals surface area contributed by atoms with Gasteiger partial charge in [-0.2, -0.15) is 0 Å². The molecule has 0 spiro atoms. The van der Waals surface area contributed by atoms with E-state index in [1.807, 2.05) is 26.8 Å². The van der Waals surface area contributed by atoms with Crippen molar-refractivity contribution in [2.45, 2.75) is 26.7 Å². The molecule has 19 heavy (non-hydrogen) atoms. The first-order valence-electron chi connectivity index (χ1n) is 6.27. The fourth-order valence-corrected chi connectivity index (χ4v) is 1.97. The van der Waals surface area contributed by atoms with Crippen molar-refractivity contribution in [1.29, 1.82) is 0 Å². The summed E-state index contributed by atoms with van der Waals surface area (Å²) in [6, 6.07) is 7.00. The van der Waals surface area contributed by atoms with E-state index in [9.17, 15) is 9.90 Å². The zero-order valence-corrected chi connectivity index (χ0v) is 11.3. The van der Waals surface area contributed by atoms with Gasteiger partial charge in [-0.3, -0.25) is 4.79 Å². The van der Waals surface area contributed by atoms with Crippen molar-refractivity contribution in [3.63, 3.8) is 0 Å². The van der Waals surface area contributed by atoms with E-state index in [0.717, 1.165) is 16.8 Å². The van der Waals surface area contributed by atoms with Gasteiger partial charge in [-0.05, 0) is 48.2 Å². The SMILES string of the molecule is Cc1cc(O)c(C(C)C)cc1NC(=O)c1ccc[nH]1. The molecule has 0 fully saturated rings. The molecule has 0 unspecified atom stereocenters. The highest BCUT2D eigenvalue weighted by Crippen LogP contribution is 2.31. The molecule has 0 aliphatic rings. The van der Waals surface area contributed by atoms with Gasteiger partial charge in [-0.1, -0.05) is 13.8 Å². The van der Waals surface area contributed by atoms with Crippen LogP contribution in [0.2, 0.25) is 0 Å². The van der Waals surface area contributed by atoms with Gasteiger partial charge >= 0.3 is 0 Å². The minimum atomic E-state index is -0.187. The molecule has 0 aliphatic heterocycles. The Labute approximate surface area is 112 Å². The van der Waals surface area contributed by atoms with Gasteiger partial charge < -0.3 is 15.4 Å². The average Bonchev–Trinajstić information content (AvgIpc) is 2.85. The molecule has 4 nitrogen and oxygen atoms in total. The molecular formula is C15H18N2O2. The van der Waals surface area contributed by atoms with Crippen LogP contribution in [0.1, 0.15) is 41.4 Å². The van der Waals surface area contributed by atoms with Crippen LogP contribution in [0.4, 0.5) is 5.69 Å². The third-order valence-corrected chi connectivity index (χ3v) is 3.09. The maximum Gasteiger partial charge on any atom is 0.272 e. The van der Waals surface area contributed by atoms with Gasteiger partial charge in [-0.15, -0.1) is 0 Å². The molecule has 0 aliphatic carbocycles. The normalized spacial score (nSPS) is 10.7. The summed E-state index contributed by atoms with van der Waals surface area (Å²) in [7, 11) is 0. The number of amides is 1.